The average Bonchev–Trinajstić information content (AvgIpc) is 2.61. The zero-order valence-corrected chi connectivity index (χ0v) is 15.8. The minimum absolute atomic E-state index is 0.193. The van der Waals surface area contributed by atoms with Gasteiger partial charge in [-0.05, 0) is 48.6 Å². The summed E-state index contributed by atoms with van der Waals surface area (Å²) in [5, 5.41) is 6.34. The maximum atomic E-state index is 12.2. The first kappa shape index (κ1) is 19.9. The molecule has 5 nitrogen and oxygen atoms in total. The van der Waals surface area contributed by atoms with Gasteiger partial charge in [0.1, 0.15) is 5.69 Å². The van der Waals surface area contributed by atoms with E-state index >= 15 is 0 Å². The second kappa shape index (κ2) is 9.92. The Hall–Kier alpha value is -2.40. The number of rotatable bonds is 8. The molecule has 26 heavy (non-hydrogen) atoms. The molecule has 2 amide bonds. The highest BCUT2D eigenvalue weighted by molar-refractivity contribution is 6.30. The van der Waals surface area contributed by atoms with Crippen molar-refractivity contribution in [1.82, 2.24) is 15.6 Å². The van der Waals surface area contributed by atoms with Gasteiger partial charge in [0, 0.05) is 29.9 Å². The lowest BCUT2D eigenvalue weighted by Crippen LogP contribution is -2.28. The van der Waals surface area contributed by atoms with Gasteiger partial charge in [-0.2, -0.15) is 0 Å². The third kappa shape index (κ3) is 6.48. The van der Waals surface area contributed by atoms with Crippen LogP contribution in [0.2, 0.25) is 5.02 Å². The Morgan fingerprint density at radius 1 is 1.08 bits per heavy atom. The number of amides is 2. The van der Waals surface area contributed by atoms with Gasteiger partial charge in [0.15, 0.2) is 0 Å². The lowest BCUT2D eigenvalue weighted by molar-refractivity contribution is 0.0949. The van der Waals surface area contributed by atoms with Crippen LogP contribution in [0.15, 0.2) is 42.6 Å². The summed E-state index contributed by atoms with van der Waals surface area (Å²) in [7, 11) is 0. The summed E-state index contributed by atoms with van der Waals surface area (Å²) in [5.41, 5.74) is 1.71. The van der Waals surface area contributed by atoms with Crippen molar-refractivity contribution in [3.8, 4) is 0 Å². The third-order valence-electron chi connectivity index (χ3n) is 3.85. The molecular formula is C20H24ClN3O2. The van der Waals surface area contributed by atoms with Crippen molar-refractivity contribution in [1.29, 1.82) is 0 Å². The maximum Gasteiger partial charge on any atom is 0.269 e. The minimum atomic E-state index is -0.302. The predicted molar refractivity (Wildman–Crippen MR) is 104 cm³/mol. The number of pyridine rings is 1. The first-order valence-corrected chi connectivity index (χ1v) is 9.10. The first-order chi connectivity index (χ1) is 12.5. The highest BCUT2D eigenvalue weighted by atomic mass is 35.5. The van der Waals surface area contributed by atoms with E-state index in [1.54, 1.807) is 6.07 Å². The number of hydrogen-bond donors (Lipinski definition) is 2. The Labute approximate surface area is 159 Å². The van der Waals surface area contributed by atoms with Crippen molar-refractivity contribution in [3.63, 3.8) is 0 Å². The van der Waals surface area contributed by atoms with E-state index in [0.29, 0.717) is 36.0 Å². The molecule has 0 aliphatic heterocycles. The molecule has 2 rings (SSSR count). The highest BCUT2D eigenvalue weighted by Crippen LogP contribution is 2.10. The van der Waals surface area contributed by atoms with E-state index in [1.807, 2.05) is 24.3 Å². The summed E-state index contributed by atoms with van der Waals surface area (Å²) >= 11 is 5.95. The van der Waals surface area contributed by atoms with Gasteiger partial charge < -0.3 is 10.6 Å². The smallest absolute Gasteiger partial charge is 0.269 e. The third-order valence-corrected chi connectivity index (χ3v) is 4.09. The van der Waals surface area contributed by atoms with Gasteiger partial charge in [0.05, 0.1) is 0 Å². The van der Waals surface area contributed by atoms with Crippen LogP contribution in [0.25, 0.3) is 0 Å². The largest absolute Gasteiger partial charge is 0.352 e. The van der Waals surface area contributed by atoms with E-state index in [9.17, 15) is 9.59 Å². The van der Waals surface area contributed by atoms with E-state index in [2.05, 4.69) is 29.5 Å². The Morgan fingerprint density at radius 3 is 2.58 bits per heavy atom. The van der Waals surface area contributed by atoms with Crippen molar-refractivity contribution < 1.29 is 9.59 Å². The molecule has 0 atom stereocenters. The zero-order chi connectivity index (χ0) is 18.9. The Morgan fingerprint density at radius 2 is 1.85 bits per heavy atom. The number of halogens is 1. The molecule has 1 aromatic heterocycles. The van der Waals surface area contributed by atoms with Gasteiger partial charge in [-0.15, -0.1) is 0 Å². The number of carbonyl (C=O) groups is 2. The van der Waals surface area contributed by atoms with Gasteiger partial charge in [-0.25, -0.2) is 0 Å². The van der Waals surface area contributed by atoms with Crippen molar-refractivity contribution in [3.05, 3.63) is 64.4 Å². The molecule has 0 saturated carbocycles. The van der Waals surface area contributed by atoms with Crippen LogP contribution >= 0.6 is 11.6 Å². The van der Waals surface area contributed by atoms with Crippen LogP contribution in [0.4, 0.5) is 0 Å². The average molecular weight is 374 g/mol. The van der Waals surface area contributed by atoms with E-state index in [1.165, 1.54) is 12.3 Å². The quantitative estimate of drug-likeness (QED) is 0.744. The van der Waals surface area contributed by atoms with Crippen molar-refractivity contribution in [2.45, 2.75) is 26.7 Å². The van der Waals surface area contributed by atoms with E-state index in [4.69, 9.17) is 11.6 Å². The van der Waals surface area contributed by atoms with Crippen LogP contribution in [0.5, 0.6) is 0 Å². The molecule has 6 heteroatoms. The molecule has 2 aromatic rings. The van der Waals surface area contributed by atoms with Gasteiger partial charge in [0.25, 0.3) is 11.8 Å². The second-order valence-electron chi connectivity index (χ2n) is 6.50. The van der Waals surface area contributed by atoms with E-state index < -0.39 is 0 Å². The molecule has 0 saturated heterocycles. The van der Waals surface area contributed by atoms with Crippen molar-refractivity contribution in [2.75, 3.05) is 13.1 Å². The fourth-order valence-corrected chi connectivity index (χ4v) is 2.59. The molecular weight excluding hydrogens is 350 g/mol. The molecule has 138 valence electrons. The number of nitrogens with one attached hydrogen (secondary N) is 2. The molecule has 0 spiro atoms. The molecule has 0 fully saturated rings. The summed E-state index contributed by atoms with van der Waals surface area (Å²) in [6, 6.07) is 10.6. The second-order valence-corrected chi connectivity index (χ2v) is 6.94. The fraction of sp³-hybridized carbons (Fsp3) is 0.350. The zero-order valence-electron chi connectivity index (χ0n) is 15.1. The van der Waals surface area contributed by atoms with Crippen LogP contribution in [0.3, 0.4) is 0 Å². The van der Waals surface area contributed by atoms with Gasteiger partial charge >= 0.3 is 0 Å². The van der Waals surface area contributed by atoms with Crippen LogP contribution in [-0.4, -0.2) is 29.9 Å². The lowest BCUT2D eigenvalue weighted by atomic mass is 10.1. The first-order valence-electron chi connectivity index (χ1n) is 8.72. The number of hydrogen-bond acceptors (Lipinski definition) is 3. The molecule has 1 aromatic carbocycles. The van der Waals surface area contributed by atoms with Crippen molar-refractivity contribution in [2.24, 2.45) is 5.92 Å². The highest BCUT2D eigenvalue weighted by Gasteiger charge is 2.11. The molecule has 0 aliphatic carbocycles. The summed E-state index contributed by atoms with van der Waals surface area (Å²) in [6.07, 6.45) is 3.05. The van der Waals surface area contributed by atoms with Crippen LogP contribution in [-0.2, 0) is 6.42 Å². The monoisotopic (exact) mass is 373 g/mol. The predicted octanol–water partition coefficient (Wildman–Crippen LogP) is 3.48. The normalized spacial score (nSPS) is 10.6. The van der Waals surface area contributed by atoms with Crippen LogP contribution < -0.4 is 10.6 Å². The summed E-state index contributed by atoms with van der Waals surface area (Å²) in [4.78, 5) is 28.5. The standard InChI is InChI=1S/C20H24ClN3O2/c1-14(2)6-9-23-19(25)16-8-11-22-18(13-16)20(26)24-10-7-15-4-3-5-17(21)12-15/h3-5,8,11-14H,6-7,9-10H2,1-2H3,(H,23,25)(H,24,26). The van der Waals surface area contributed by atoms with Crippen LogP contribution in [0.1, 0.15) is 46.7 Å². The van der Waals surface area contributed by atoms with Crippen LogP contribution in [0, 0.1) is 5.92 Å². The molecule has 0 aliphatic rings. The lowest BCUT2D eigenvalue weighted by Gasteiger charge is -2.09. The minimum Gasteiger partial charge on any atom is -0.352 e. The molecule has 2 N–H and O–H groups in total. The number of aromatic nitrogens is 1. The molecule has 1 heterocycles. The topological polar surface area (TPSA) is 71.1 Å². The summed E-state index contributed by atoms with van der Waals surface area (Å²) < 4.78 is 0. The maximum absolute atomic E-state index is 12.2. The molecule has 0 radical (unpaired) electrons. The van der Waals surface area contributed by atoms with Crippen molar-refractivity contribution >= 4 is 23.4 Å². The summed E-state index contributed by atoms with van der Waals surface area (Å²) in [6.45, 7) is 5.28. The van der Waals surface area contributed by atoms with E-state index in [-0.39, 0.29) is 17.5 Å². The molecule has 0 bridgehead atoms. The van der Waals surface area contributed by atoms with Gasteiger partial charge in [-0.3, -0.25) is 14.6 Å². The van der Waals surface area contributed by atoms with Gasteiger partial charge in [-0.1, -0.05) is 37.6 Å². The summed E-state index contributed by atoms with van der Waals surface area (Å²) in [5.74, 6) is 0.0264. The fourth-order valence-electron chi connectivity index (χ4n) is 2.38. The number of carbonyl (C=O) groups excluding carboxylic acids is 2. The number of nitrogens with zero attached hydrogens (tertiary/aromatic N) is 1. The Balaban J connectivity index is 1.87. The number of benzene rings is 1. The SMILES string of the molecule is CC(C)CCNC(=O)c1ccnc(C(=O)NCCc2cccc(Cl)c2)c1. The van der Waals surface area contributed by atoms with E-state index in [0.717, 1.165) is 12.0 Å². The molecule has 0 unspecified atom stereocenters. The Bertz CT molecular complexity index is 762. The van der Waals surface area contributed by atoms with Gasteiger partial charge in [0.2, 0.25) is 0 Å². The Kier molecular flexibility index (Phi) is 7.60.